The molecule has 0 atom stereocenters. The molecule has 0 aliphatic carbocycles. The molecule has 1 aromatic rings. The molecule has 2 nitrogen and oxygen atoms in total. The summed E-state index contributed by atoms with van der Waals surface area (Å²) in [5, 5.41) is 0. The number of carbonyl (C=O) groups is 1. The van der Waals surface area contributed by atoms with Crippen molar-refractivity contribution in [2.75, 3.05) is 13.1 Å². The Kier molecular flexibility index (Phi) is 9.68. The van der Waals surface area contributed by atoms with E-state index in [9.17, 15) is 9.18 Å². The van der Waals surface area contributed by atoms with Gasteiger partial charge in [-0.3, -0.25) is 4.79 Å². The van der Waals surface area contributed by atoms with Crippen LogP contribution in [0.5, 0.6) is 0 Å². The van der Waals surface area contributed by atoms with E-state index in [0.717, 1.165) is 37.1 Å². The Morgan fingerprint density at radius 2 is 1.71 bits per heavy atom. The summed E-state index contributed by atoms with van der Waals surface area (Å²) in [7, 11) is 0. The molecule has 1 amide bonds. The summed E-state index contributed by atoms with van der Waals surface area (Å²) in [6, 6.07) is 5.53. The first kappa shape index (κ1) is 19.6. The number of rotatable bonds is 5. The van der Waals surface area contributed by atoms with Gasteiger partial charge in [0.2, 0.25) is 5.91 Å². The fourth-order valence-corrected chi connectivity index (χ4v) is 2.08. The minimum absolute atomic E-state index is 0.0532. The predicted molar refractivity (Wildman–Crippen MR) is 88.1 cm³/mol. The van der Waals surface area contributed by atoms with E-state index in [2.05, 4.69) is 13.8 Å². The molecule has 0 heterocycles. The van der Waals surface area contributed by atoms with Crippen LogP contribution in [0.3, 0.4) is 0 Å². The van der Waals surface area contributed by atoms with Crippen molar-refractivity contribution < 1.29 is 9.18 Å². The molecule has 0 aliphatic rings. The van der Waals surface area contributed by atoms with E-state index in [1.807, 2.05) is 30.9 Å². The first-order chi connectivity index (χ1) is 9.84. The average Bonchev–Trinajstić information content (AvgIpc) is 2.42. The van der Waals surface area contributed by atoms with E-state index in [0.29, 0.717) is 0 Å². The number of hydrogen-bond donors (Lipinski definition) is 0. The highest BCUT2D eigenvalue weighted by molar-refractivity contribution is 5.73. The number of halogens is 1. The molecule has 0 spiro atoms. The van der Waals surface area contributed by atoms with Gasteiger partial charge in [-0.2, -0.15) is 0 Å². The van der Waals surface area contributed by atoms with E-state index < -0.39 is 0 Å². The number of hydrogen-bond acceptors (Lipinski definition) is 1. The van der Waals surface area contributed by atoms with Crippen molar-refractivity contribution >= 4 is 5.91 Å². The molecule has 1 aromatic carbocycles. The predicted octanol–water partition coefficient (Wildman–Crippen LogP) is 4.91. The lowest BCUT2D eigenvalue weighted by Gasteiger charge is -2.18. The van der Waals surface area contributed by atoms with Gasteiger partial charge in [0.15, 0.2) is 0 Å². The summed E-state index contributed by atoms with van der Waals surface area (Å²) in [6.45, 7) is 13.4. The van der Waals surface area contributed by atoms with Crippen LogP contribution in [0.1, 0.15) is 64.5 Å². The van der Waals surface area contributed by atoms with Crippen LogP contribution in [0.2, 0.25) is 0 Å². The minimum atomic E-state index is -0.0532. The molecule has 0 aromatic heterocycles. The van der Waals surface area contributed by atoms with Gasteiger partial charge < -0.3 is 4.90 Å². The third kappa shape index (κ3) is 7.26. The molecular formula is C18H30FNO. The maximum Gasteiger partial charge on any atom is 0.219 e. The molecule has 21 heavy (non-hydrogen) atoms. The van der Waals surface area contributed by atoms with Gasteiger partial charge in [0.05, 0.1) is 0 Å². The van der Waals surface area contributed by atoms with E-state index in [1.165, 1.54) is 0 Å². The Balaban J connectivity index is 0.000000384. The molecule has 120 valence electrons. The van der Waals surface area contributed by atoms with E-state index in [1.54, 1.807) is 19.9 Å². The number of nitrogens with zero attached hydrogens (tertiary/aromatic N) is 1. The van der Waals surface area contributed by atoms with Crippen LogP contribution in [-0.4, -0.2) is 23.9 Å². The normalized spacial score (nSPS) is 10.1. The highest BCUT2D eigenvalue weighted by Gasteiger charge is 2.06. The number of benzene rings is 1. The first-order valence-electron chi connectivity index (χ1n) is 7.85. The summed E-state index contributed by atoms with van der Waals surface area (Å²) < 4.78 is 13.3. The Morgan fingerprint density at radius 1 is 1.19 bits per heavy atom. The number of carbonyl (C=O) groups excluding carboxylic acids is 1. The van der Waals surface area contributed by atoms with Crippen molar-refractivity contribution in [2.45, 2.75) is 60.3 Å². The first-order valence-corrected chi connectivity index (χ1v) is 7.85. The second kappa shape index (κ2) is 10.4. The Hall–Kier alpha value is -1.38. The summed E-state index contributed by atoms with van der Waals surface area (Å²) >= 11 is 0. The monoisotopic (exact) mass is 295 g/mol. The smallest absolute Gasteiger partial charge is 0.219 e. The number of amides is 1. The van der Waals surface area contributed by atoms with Crippen molar-refractivity contribution in [3.63, 3.8) is 0 Å². The molecule has 0 radical (unpaired) electrons. The topological polar surface area (TPSA) is 20.3 Å². The maximum atomic E-state index is 13.3. The Labute approximate surface area is 129 Å². The fourth-order valence-electron chi connectivity index (χ4n) is 2.08. The summed E-state index contributed by atoms with van der Waals surface area (Å²) in [6.07, 6.45) is 2.11. The molecule has 0 saturated heterocycles. The molecule has 0 bridgehead atoms. The molecule has 0 aliphatic heterocycles. The average molecular weight is 295 g/mol. The zero-order valence-electron chi connectivity index (χ0n) is 14.4. The minimum Gasteiger partial charge on any atom is -0.343 e. The summed E-state index contributed by atoms with van der Waals surface area (Å²) in [5.74, 6) is 0.418. The largest absolute Gasteiger partial charge is 0.343 e. The van der Waals surface area contributed by atoms with Crippen molar-refractivity contribution in [3.05, 3.63) is 35.1 Å². The van der Waals surface area contributed by atoms with E-state index in [-0.39, 0.29) is 17.6 Å². The fraction of sp³-hybridized carbons (Fsp3) is 0.611. The zero-order chi connectivity index (χ0) is 16.4. The highest BCUT2D eigenvalue weighted by Crippen LogP contribution is 2.19. The van der Waals surface area contributed by atoms with Crippen molar-refractivity contribution in [1.29, 1.82) is 0 Å². The van der Waals surface area contributed by atoms with Crippen molar-refractivity contribution in [3.8, 4) is 0 Å². The lowest BCUT2D eigenvalue weighted by Crippen LogP contribution is -2.29. The maximum absolute atomic E-state index is 13.3. The van der Waals surface area contributed by atoms with Gasteiger partial charge in [-0.05, 0) is 36.8 Å². The van der Waals surface area contributed by atoms with Crippen LogP contribution in [0, 0.1) is 12.7 Å². The second-order valence-electron chi connectivity index (χ2n) is 5.64. The van der Waals surface area contributed by atoms with Gasteiger partial charge in [-0.25, -0.2) is 4.39 Å². The van der Waals surface area contributed by atoms with Crippen LogP contribution in [-0.2, 0) is 4.79 Å². The lowest BCUT2D eigenvalue weighted by molar-refractivity contribution is -0.128. The van der Waals surface area contributed by atoms with Gasteiger partial charge in [-0.15, -0.1) is 0 Å². The third-order valence-corrected chi connectivity index (χ3v) is 3.28. The number of aryl methyl sites for hydroxylation is 1. The van der Waals surface area contributed by atoms with Crippen LogP contribution < -0.4 is 0 Å². The van der Waals surface area contributed by atoms with Gasteiger partial charge in [0, 0.05) is 20.0 Å². The highest BCUT2D eigenvalue weighted by atomic mass is 19.1. The molecule has 0 fully saturated rings. The van der Waals surface area contributed by atoms with Crippen LogP contribution in [0.15, 0.2) is 18.2 Å². The van der Waals surface area contributed by atoms with Gasteiger partial charge in [-0.1, -0.05) is 45.9 Å². The molecule has 0 unspecified atom stereocenters. The van der Waals surface area contributed by atoms with Crippen molar-refractivity contribution in [1.82, 2.24) is 4.90 Å². The zero-order valence-corrected chi connectivity index (χ0v) is 14.4. The van der Waals surface area contributed by atoms with E-state index in [4.69, 9.17) is 0 Å². The van der Waals surface area contributed by atoms with E-state index >= 15 is 0 Å². The second-order valence-corrected chi connectivity index (χ2v) is 5.64. The summed E-state index contributed by atoms with van der Waals surface area (Å²) in [4.78, 5) is 12.7. The Bertz CT molecular complexity index is 423. The molecule has 0 N–H and O–H groups in total. The van der Waals surface area contributed by atoms with Crippen molar-refractivity contribution in [2.24, 2.45) is 0 Å². The van der Waals surface area contributed by atoms with Crippen LogP contribution in [0.25, 0.3) is 0 Å². The lowest BCUT2D eigenvalue weighted by atomic mass is 10.0. The SMILES string of the molecule is CCCN(CCC)C(C)=O.Cc1cccc(C(C)C)c1F. The van der Waals surface area contributed by atoms with Gasteiger partial charge in [0.25, 0.3) is 0 Å². The quantitative estimate of drug-likeness (QED) is 0.755. The summed E-state index contributed by atoms with van der Waals surface area (Å²) in [5.41, 5.74) is 1.54. The van der Waals surface area contributed by atoms with Crippen LogP contribution in [0.4, 0.5) is 4.39 Å². The van der Waals surface area contributed by atoms with Gasteiger partial charge >= 0.3 is 0 Å². The Morgan fingerprint density at radius 3 is 2.05 bits per heavy atom. The molecular weight excluding hydrogens is 265 g/mol. The standard InChI is InChI=1S/C10H13F.C8H17NO/c1-7(2)9-6-4-5-8(3)10(9)11;1-4-6-9(7-5-2)8(3)10/h4-7H,1-3H3;4-7H2,1-3H3. The molecule has 3 heteroatoms. The third-order valence-electron chi connectivity index (χ3n) is 3.28. The molecule has 0 saturated carbocycles. The van der Waals surface area contributed by atoms with Gasteiger partial charge in [0.1, 0.15) is 5.82 Å². The molecule has 1 rings (SSSR count). The van der Waals surface area contributed by atoms with Crippen LogP contribution >= 0.6 is 0 Å².